The third-order valence-corrected chi connectivity index (χ3v) is 14.9. The first-order chi connectivity index (χ1) is 32.0. The highest BCUT2D eigenvalue weighted by molar-refractivity contribution is 6.00. The molecule has 2 aliphatic carbocycles. The lowest BCUT2D eigenvalue weighted by Gasteiger charge is -2.34. The van der Waals surface area contributed by atoms with E-state index >= 15 is 0 Å². The van der Waals surface area contributed by atoms with E-state index in [1.807, 2.05) is 13.8 Å². The normalized spacial score (nSPS) is 20.4. The van der Waals surface area contributed by atoms with Gasteiger partial charge in [-0.1, -0.05) is 12.1 Å². The van der Waals surface area contributed by atoms with E-state index in [2.05, 4.69) is 60.0 Å². The van der Waals surface area contributed by atoms with Crippen LogP contribution in [0.1, 0.15) is 102 Å². The maximum atomic E-state index is 12.7. The molecule has 2 N–H and O–H groups in total. The van der Waals surface area contributed by atoms with Crippen molar-refractivity contribution in [1.29, 1.82) is 0 Å². The fraction of sp³-hybridized carbons (Fsp3) is 0.538. The summed E-state index contributed by atoms with van der Waals surface area (Å²) in [6.07, 6.45) is 8.59. The molecular formula is C52H66N6O8. The molecule has 0 bridgehead atoms. The molecule has 6 aliphatic rings. The maximum absolute atomic E-state index is 12.7. The summed E-state index contributed by atoms with van der Waals surface area (Å²) in [4.78, 5) is 43.3. The Bertz CT molecular complexity index is 2290. The van der Waals surface area contributed by atoms with Crippen molar-refractivity contribution in [3.63, 3.8) is 0 Å². The van der Waals surface area contributed by atoms with Gasteiger partial charge in [0.05, 0.1) is 61.0 Å². The summed E-state index contributed by atoms with van der Waals surface area (Å²) < 4.78 is 23.8. The number of carbonyl (C=O) groups excluding carboxylic acids is 2. The Labute approximate surface area is 388 Å². The number of hydrogen-bond acceptors (Lipinski definition) is 12. The minimum absolute atomic E-state index is 0.0167. The molecule has 0 spiro atoms. The van der Waals surface area contributed by atoms with Crippen LogP contribution in [0.25, 0.3) is 0 Å². The van der Waals surface area contributed by atoms with Gasteiger partial charge in [0.1, 0.15) is 35.3 Å². The van der Waals surface area contributed by atoms with Crippen LogP contribution in [0, 0.1) is 27.7 Å². The fourth-order valence-electron chi connectivity index (χ4n) is 10.9. The molecule has 352 valence electrons. The highest BCUT2D eigenvalue weighted by Crippen LogP contribution is 2.36. The topological polar surface area (TPSA) is 150 Å². The highest BCUT2D eigenvalue weighted by Gasteiger charge is 2.35. The van der Waals surface area contributed by atoms with E-state index in [0.717, 1.165) is 145 Å². The molecule has 4 aromatic rings. The lowest BCUT2D eigenvalue weighted by Crippen LogP contribution is -2.39. The van der Waals surface area contributed by atoms with E-state index in [-0.39, 0.29) is 49.4 Å². The van der Waals surface area contributed by atoms with Gasteiger partial charge < -0.3 is 48.8 Å². The Morgan fingerprint density at radius 1 is 0.545 bits per heavy atom. The monoisotopic (exact) mass is 902 g/mol. The van der Waals surface area contributed by atoms with Gasteiger partial charge in [0.2, 0.25) is 0 Å². The highest BCUT2D eigenvalue weighted by atomic mass is 16.5. The van der Waals surface area contributed by atoms with Gasteiger partial charge in [-0.25, -0.2) is 9.97 Å². The zero-order valence-electron chi connectivity index (χ0n) is 39.5. The molecule has 14 nitrogen and oxygen atoms in total. The van der Waals surface area contributed by atoms with Gasteiger partial charge in [0.15, 0.2) is 0 Å². The van der Waals surface area contributed by atoms with Crippen LogP contribution in [0.5, 0.6) is 11.5 Å². The number of nitrogens with zero attached hydrogens (tertiary/aromatic N) is 6. The maximum Gasteiger partial charge on any atom is 0.256 e. The number of hydrogen-bond donors (Lipinski definition) is 2. The van der Waals surface area contributed by atoms with Crippen LogP contribution in [-0.2, 0) is 48.2 Å². The molecule has 2 saturated heterocycles. The average molecular weight is 903 g/mol. The predicted octanol–water partition coefficient (Wildman–Crippen LogP) is 5.62. The van der Waals surface area contributed by atoms with Gasteiger partial charge in [-0.05, 0) is 122 Å². The molecular weight excluding hydrogens is 837 g/mol. The number of carbonyl (C=O) groups is 2. The van der Waals surface area contributed by atoms with Crippen LogP contribution >= 0.6 is 0 Å². The fourth-order valence-corrected chi connectivity index (χ4v) is 10.9. The number of aromatic nitrogens is 2. The van der Waals surface area contributed by atoms with E-state index < -0.39 is 0 Å². The summed E-state index contributed by atoms with van der Waals surface area (Å²) in [6, 6.07) is 12.9. The molecule has 66 heavy (non-hydrogen) atoms. The number of methoxy groups -OCH3 is 2. The van der Waals surface area contributed by atoms with Crippen molar-refractivity contribution in [2.24, 2.45) is 0 Å². The summed E-state index contributed by atoms with van der Waals surface area (Å²) in [7, 11) is 3.56. The number of benzene rings is 2. The first-order valence-corrected chi connectivity index (χ1v) is 23.9. The van der Waals surface area contributed by atoms with Crippen molar-refractivity contribution in [1.82, 2.24) is 19.8 Å². The molecule has 0 unspecified atom stereocenters. The van der Waals surface area contributed by atoms with Gasteiger partial charge in [0, 0.05) is 79.2 Å². The molecule has 0 radical (unpaired) electrons. The molecule has 14 heteroatoms. The van der Waals surface area contributed by atoms with E-state index in [9.17, 15) is 19.8 Å². The molecule has 2 aromatic carbocycles. The largest absolute Gasteiger partial charge is 0.490 e. The standard InChI is InChI=1S/2C26H33N3O4/c2*1-16-17(2)25(27-23-15-29(10-11-30)26(31)24(16)23)28-8-6-20(7-9-28)33-21-5-4-18-12-22(32-3)14-19(18)13-21/h2*4-5,13,20,22,30H,6-12,14-15H2,1-3H3/t2*22-/m10/s1. The van der Waals surface area contributed by atoms with E-state index in [1.54, 1.807) is 24.0 Å². The second-order valence-corrected chi connectivity index (χ2v) is 18.9. The van der Waals surface area contributed by atoms with Crippen LogP contribution in [0.2, 0.25) is 0 Å². The third-order valence-electron chi connectivity index (χ3n) is 14.9. The van der Waals surface area contributed by atoms with Gasteiger partial charge in [-0.15, -0.1) is 0 Å². The Hall–Kier alpha value is -5.28. The van der Waals surface area contributed by atoms with Crippen LogP contribution in [0.3, 0.4) is 0 Å². The SMILES string of the molecule is CO[C@@H]1Cc2ccc(OC3CCN(c4nc5c(c(C)c4C)C(=O)N(CCO)C5)CC3)cc2C1.CO[C@H]1Cc2ccc(OC3CCN(c4nc5c(c(C)c4C)C(=O)N(CCO)C5)CC3)cc2C1. The smallest absolute Gasteiger partial charge is 0.256 e. The average Bonchev–Trinajstić information content (AvgIpc) is 4.10. The molecule has 2 aromatic heterocycles. The first kappa shape index (κ1) is 45.9. The molecule has 6 heterocycles. The van der Waals surface area contributed by atoms with Gasteiger partial charge in [-0.3, -0.25) is 9.59 Å². The quantitative estimate of drug-likeness (QED) is 0.182. The minimum Gasteiger partial charge on any atom is -0.490 e. The third kappa shape index (κ3) is 9.09. The summed E-state index contributed by atoms with van der Waals surface area (Å²) >= 11 is 0. The van der Waals surface area contributed by atoms with Crippen molar-refractivity contribution in [3.05, 3.63) is 103 Å². The first-order valence-electron chi connectivity index (χ1n) is 23.9. The van der Waals surface area contributed by atoms with Crippen molar-refractivity contribution >= 4 is 23.5 Å². The summed E-state index contributed by atoms with van der Waals surface area (Å²) in [5.41, 5.74) is 12.7. The zero-order valence-corrected chi connectivity index (χ0v) is 39.5. The van der Waals surface area contributed by atoms with E-state index in [0.29, 0.717) is 26.2 Å². The van der Waals surface area contributed by atoms with Crippen molar-refractivity contribution in [3.8, 4) is 11.5 Å². The minimum atomic E-state index is -0.0324. The number of piperidine rings is 2. The van der Waals surface area contributed by atoms with Crippen LogP contribution < -0.4 is 19.3 Å². The number of amides is 2. The van der Waals surface area contributed by atoms with E-state index in [4.69, 9.17) is 28.9 Å². The van der Waals surface area contributed by atoms with Gasteiger partial charge >= 0.3 is 0 Å². The van der Waals surface area contributed by atoms with E-state index in [1.165, 1.54) is 22.3 Å². The van der Waals surface area contributed by atoms with Crippen molar-refractivity contribution in [2.45, 2.75) is 117 Å². The molecule has 2 fully saturated rings. The Kier molecular flexibility index (Phi) is 13.6. The lowest BCUT2D eigenvalue weighted by molar-refractivity contribution is 0.0739. The number of aliphatic hydroxyl groups is 2. The summed E-state index contributed by atoms with van der Waals surface area (Å²) in [6.45, 7) is 13.2. The zero-order chi connectivity index (χ0) is 46.2. The van der Waals surface area contributed by atoms with Crippen LogP contribution in [0.4, 0.5) is 11.6 Å². The van der Waals surface area contributed by atoms with Gasteiger partial charge in [-0.2, -0.15) is 0 Å². The second-order valence-electron chi connectivity index (χ2n) is 18.9. The number of pyridine rings is 2. The van der Waals surface area contributed by atoms with Gasteiger partial charge in [0.25, 0.3) is 11.8 Å². The lowest BCUT2D eigenvalue weighted by atomic mass is 10.0. The van der Waals surface area contributed by atoms with Crippen LogP contribution in [0.15, 0.2) is 36.4 Å². The second kappa shape index (κ2) is 19.5. The summed E-state index contributed by atoms with van der Waals surface area (Å²) in [5, 5.41) is 18.5. The Balaban J connectivity index is 0.000000166. The number of rotatable bonds is 12. The molecule has 4 aliphatic heterocycles. The molecule has 2 atom stereocenters. The van der Waals surface area contributed by atoms with Crippen LogP contribution in [-0.4, -0.2) is 133 Å². The molecule has 2 amide bonds. The predicted molar refractivity (Wildman–Crippen MR) is 252 cm³/mol. The number of ether oxygens (including phenoxy) is 4. The van der Waals surface area contributed by atoms with Crippen molar-refractivity contribution < 1.29 is 38.7 Å². The number of β-amino-alcohol motifs (C(OH)–C–C–N with tert-alkyl or cyclic N) is 2. The van der Waals surface area contributed by atoms with Crippen molar-refractivity contribution in [2.75, 3.05) is 76.5 Å². The Morgan fingerprint density at radius 2 is 0.924 bits per heavy atom. The summed E-state index contributed by atoms with van der Waals surface area (Å²) in [5.74, 6) is 3.83. The Morgan fingerprint density at radius 3 is 1.29 bits per heavy atom. The molecule has 10 rings (SSSR count). The number of aliphatic hydroxyl groups excluding tert-OH is 2. The molecule has 0 saturated carbocycles. The number of anilines is 2. The number of fused-ring (bicyclic) bond motifs is 4.